The van der Waals surface area contributed by atoms with Crippen LogP contribution in [0.5, 0.6) is 0 Å². The summed E-state index contributed by atoms with van der Waals surface area (Å²) in [7, 11) is 3.31. The number of carbonyl (C=O) groups excluding carboxylic acids is 2. The number of alkyl halides is 9. The van der Waals surface area contributed by atoms with E-state index in [-0.39, 0.29) is 44.3 Å². The molecular weight excluding hydrogens is 611 g/mol. The molecule has 3 heterocycles. The maximum absolute atomic E-state index is 13.7. The number of nitrogens with zero attached hydrogens (tertiary/aromatic N) is 4. The van der Waals surface area contributed by atoms with Gasteiger partial charge in [-0.05, 0) is 62.8 Å². The third-order valence-corrected chi connectivity index (χ3v) is 8.91. The molecule has 0 unspecified atom stereocenters. The Morgan fingerprint density at radius 2 is 1.50 bits per heavy atom. The maximum atomic E-state index is 13.7. The summed E-state index contributed by atoms with van der Waals surface area (Å²) >= 11 is 0. The summed E-state index contributed by atoms with van der Waals surface area (Å²) in [5.74, 6) is -0.257. The van der Waals surface area contributed by atoms with Gasteiger partial charge in [-0.3, -0.25) is 9.69 Å². The van der Waals surface area contributed by atoms with Crippen LogP contribution in [-0.2, 0) is 22.3 Å². The second kappa shape index (κ2) is 12.5. The molecule has 0 aromatic heterocycles. The first-order valence-corrected chi connectivity index (χ1v) is 14.3. The highest BCUT2D eigenvalue weighted by molar-refractivity contribution is 5.78. The lowest BCUT2D eigenvalue weighted by atomic mass is 9.84. The van der Waals surface area contributed by atoms with Gasteiger partial charge in [0.15, 0.2) is 0 Å². The van der Waals surface area contributed by atoms with Gasteiger partial charge in [-0.25, -0.2) is 4.79 Å². The normalized spacial score (nSPS) is 20.5. The second-order valence-electron chi connectivity index (χ2n) is 11.9. The fraction of sp³-hybridized carbons (Fsp3) is 0.714. The van der Waals surface area contributed by atoms with Gasteiger partial charge in [-0.2, -0.15) is 39.5 Å². The number of benzene rings is 1. The number of rotatable bonds is 5. The molecule has 1 spiro atoms. The number of likely N-dealkylation sites (tertiary alicyclic amines) is 2. The van der Waals surface area contributed by atoms with E-state index >= 15 is 0 Å². The first-order chi connectivity index (χ1) is 20.3. The van der Waals surface area contributed by atoms with Crippen molar-refractivity contribution in [2.75, 3.05) is 51.7 Å². The van der Waals surface area contributed by atoms with Crippen LogP contribution in [-0.4, -0.2) is 97.5 Å². The zero-order valence-corrected chi connectivity index (χ0v) is 24.3. The van der Waals surface area contributed by atoms with Gasteiger partial charge in [0.25, 0.3) is 6.10 Å². The van der Waals surface area contributed by atoms with E-state index in [2.05, 4.69) is 9.64 Å². The fourth-order valence-corrected chi connectivity index (χ4v) is 6.51. The molecule has 3 fully saturated rings. The topological polar surface area (TPSA) is 56.3 Å². The number of piperidine rings is 2. The van der Waals surface area contributed by atoms with E-state index in [1.807, 2.05) is 4.90 Å². The van der Waals surface area contributed by atoms with E-state index in [0.717, 1.165) is 23.5 Å². The molecule has 0 radical (unpaired) electrons. The average Bonchev–Trinajstić information content (AvgIpc) is 3.30. The highest BCUT2D eigenvalue weighted by Gasteiger charge is 2.60. The van der Waals surface area contributed by atoms with Crippen LogP contribution >= 0.6 is 0 Å². The first-order valence-electron chi connectivity index (χ1n) is 14.3. The van der Waals surface area contributed by atoms with Crippen molar-refractivity contribution in [3.05, 3.63) is 29.3 Å². The standard InChI is InChI=1S/C28H35F9N4O3/c1-38(2)22(42)18-6-12-39(13-7-18)21-16-20(26(29,30)31)5-4-19(21)17-41-11-3-8-25(41)9-14-40(15-10-25)24(43)44-23(27(32,33)34)28(35,36)37/h4-5,16,18,23H,3,6-15,17H2,1-2H3. The van der Waals surface area contributed by atoms with E-state index in [1.165, 1.54) is 11.0 Å². The number of hydrogen-bond acceptors (Lipinski definition) is 5. The van der Waals surface area contributed by atoms with Gasteiger partial charge in [-0.15, -0.1) is 0 Å². The van der Waals surface area contributed by atoms with Crippen molar-refractivity contribution in [3.63, 3.8) is 0 Å². The highest BCUT2D eigenvalue weighted by Crippen LogP contribution is 2.42. The number of ether oxygens (including phenoxy) is 1. The molecule has 3 aliphatic rings. The summed E-state index contributed by atoms with van der Waals surface area (Å²) in [6, 6.07) is 3.56. The van der Waals surface area contributed by atoms with Crippen LogP contribution in [0, 0.1) is 5.92 Å². The number of halogens is 9. The summed E-state index contributed by atoms with van der Waals surface area (Å²) in [6.45, 7) is 1.35. The molecule has 7 nitrogen and oxygen atoms in total. The number of anilines is 1. The molecule has 4 rings (SSSR count). The average molecular weight is 647 g/mol. The predicted octanol–water partition coefficient (Wildman–Crippen LogP) is 6.07. The lowest BCUT2D eigenvalue weighted by Gasteiger charge is -2.45. The van der Waals surface area contributed by atoms with Gasteiger partial charge in [0.05, 0.1) is 5.56 Å². The Morgan fingerprint density at radius 3 is 2.02 bits per heavy atom. The van der Waals surface area contributed by atoms with Crippen LogP contribution in [0.3, 0.4) is 0 Å². The van der Waals surface area contributed by atoms with Crippen LogP contribution in [0.1, 0.15) is 49.7 Å². The van der Waals surface area contributed by atoms with Crippen molar-refractivity contribution >= 4 is 17.7 Å². The van der Waals surface area contributed by atoms with E-state index in [4.69, 9.17) is 0 Å². The summed E-state index contributed by atoms with van der Waals surface area (Å²) in [4.78, 5) is 31.0. The molecule has 248 valence electrons. The van der Waals surface area contributed by atoms with E-state index < -0.39 is 41.8 Å². The minimum absolute atomic E-state index is 0.0320. The van der Waals surface area contributed by atoms with Gasteiger partial charge in [0.2, 0.25) is 5.91 Å². The minimum atomic E-state index is -5.82. The van der Waals surface area contributed by atoms with Crippen molar-refractivity contribution in [1.29, 1.82) is 0 Å². The molecule has 44 heavy (non-hydrogen) atoms. The van der Waals surface area contributed by atoms with Gasteiger partial charge in [0.1, 0.15) is 0 Å². The molecule has 1 aromatic carbocycles. The molecule has 0 N–H and O–H groups in total. The number of amides is 2. The molecule has 3 aliphatic heterocycles. The fourth-order valence-electron chi connectivity index (χ4n) is 6.51. The monoisotopic (exact) mass is 646 g/mol. The molecule has 0 aliphatic carbocycles. The predicted molar refractivity (Wildman–Crippen MR) is 141 cm³/mol. The Hall–Kier alpha value is -2.91. The molecule has 0 saturated carbocycles. The van der Waals surface area contributed by atoms with Crippen molar-refractivity contribution in [3.8, 4) is 0 Å². The zero-order valence-electron chi connectivity index (χ0n) is 24.3. The molecule has 3 saturated heterocycles. The molecule has 0 atom stereocenters. The summed E-state index contributed by atoms with van der Waals surface area (Å²) < 4.78 is 122. The molecule has 16 heteroatoms. The number of hydrogen-bond donors (Lipinski definition) is 0. The SMILES string of the molecule is CN(C)C(=O)C1CCN(c2cc(C(F)(F)F)ccc2CN2CCCC23CCN(C(=O)OC(C(F)(F)F)C(F)(F)F)CC3)CC1. The Labute approximate surface area is 248 Å². The second-order valence-corrected chi connectivity index (χ2v) is 11.9. The lowest BCUT2D eigenvalue weighted by Crippen LogP contribution is -2.54. The summed E-state index contributed by atoms with van der Waals surface area (Å²) in [5, 5.41) is 0. The van der Waals surface area contributed by atoms with Crippen LogP contribution < -0.4 is 4.90 Å². The van der Waals surface area contributed by atoms with E-state index in [9.17, 15) is 49.1 Å². The largest absolute Gasteiger partial charge is 0.434 e. The molecule has 0 bridgehead atoms. The third-order valence-electron chi connectivity index (χ3n) is 8.91. The Morgan fingerprint density at radius 1 is 0.909 bits per heavy atom. The van der Waals surface area contributed by atoms with Crippen molar-refractivity contribution in [1.82, 2.24) is 14.7 Å². The molecule has 2 amide bonds. The first kappa shape index (κ1) is 34.0. The Balaban J connectivity index is 1.48. The van der Waals surface area contributed by atoms with E-state index in [0.29, 0.717) is 50.1 Å². The molecular formula is C28H35F9N4O3. The van der Waals surface area contributed by atoms with Crippen molar-refractivity contribution in [2.24, 2.45) is 5.92 Å². The van der Waals surface area contributed by atoms with Gasteiger partial charge in [0, 0.05) is 64.0 Å². The summed E-state index contributed by atoms with van der Waals surface area (Å²) in [6.07, 6.45) is -19.3. The van der Waals surface area contributed by atoms with Crippen LogP contribution in [0.4, 0.5) is 50.0 Å². The van der Waals surface area contributed by atoms with Crippen LogP contribution in [0.25, 0.3) is 0 Å². The quantitative estimate of drug-likeness (QED) is 0.364. The lowest BCUT2D eigenvalue weighted by molar-refractivity contribution is -0.308. The van der Waals surface area contributed by atoms with Crippen molar-refractivity contribution in [2.45, 2.75) is 75.2 Å². The number of carbonyl (C=O) groups is 2. The smallest absolute Gasteiger partial charge is 0.426 e. The summed E-state index contributed by atoms with van der Waals surface area (Å²) in [5.41, 5.74) is -0.294. The van der Waals surface area contributed by atoms with Gasteiger partial charge >= 0.3 is 24.6 Å². The van der Waals surface area contributed by atoms with Crippen molar-refractivity contribution < 1.29 is 53.8 Å². The Bertz CT molecular complexity index is 1170. The van der Waals surface area contributed by atoms with Gasteiger partial charge < -0.3 is 19.4 Å². The van der Waals surface area contributed by atoms with E-state index in [1.54, 1.807) is 14.1 Å². The molecule has 1 aromatic rings. The zero-order chi connectivity index (χ0) is 32.7. The van der Waals surface area contributed by atoms with Gasteiger partial charge in [-0.1, -0.05) is 6.07 Å². The highest BCUT2D eigenvalue weighted by atomic mass is 19.4. The van der Waals surface area contributed by atoms with Crippen LogP contribution in [0.15, 0.2) is 18.2 Å². The Kier molecular flexibility index (Phi) is 9.63. The minimum Gasteiger partial charge on any atom is -0.426 e. The van der Waals surface area contributed by atoms with Crippen LogP contribution in [0.2, 0.25) is 0 Å². The third kappa shape index (κ3) is 7.48. The maximum Gasteiger partial charge on any atom is 0.434 e.